The minimum absolute atomic E-state index is 0.229. The molecule has 0 radical (unpaired) electrons. The van der Waals surface area contributed by atoms with E-state index < -0.39 is 22.9 Å². The lowest BCUT2D eigenvalue weighted by Gasteiger charge is -2.18. The number of nitrogens with zero attached hydrogens (tertiary/aromatic N) is 1. The average Bonchev–Trinajstić information content (AvgIpc) is 2.92. The molecule has 7 heteroatoms. The molecule has 0 atom stereocenters. The molecule has 1 aromatic heterocycles. The number of rotatable bonds is 3. The van der Waals surface area contributed by atoms with Crippen LogP contribution in [0, 0.1) is 11.3 Å². The van der Waals surface area contributed by atoms with E-state index in [0.29, 0.717) is 16.0 Å². The fraction of sp³-hybridized carbons (Fsp3) is 0.211. The van der Waals surface area contributed by atoms with Gasteiger partial charge in [0.1, 0.15) is 0 Å². The average molecular weight is 376 g/mol. The third-order valence-electron chi connectivity index (χ3n) is 3.89. The number of aromatic amines is 1. The maximum atomic E-state index is 13.2. The highest BCUT2D eigenvalue weighted by molar-refractivity contribution is 7.99. The molecule has 0 aliphatic rings. The highest BCUT2D eigenvalue weighted by Gasteiger charge is 2.35. The zero-order chi connectivity index (χ0) is 19.1. The van der Waals surface area contributed by atoms with Crippen molar-refractivity contribution >= 4 is 22.7 Å². The number of aliphatic hydroxyl groups is 1. The van der Waals surface area contributed by atoms with Crippen molar-refractivity contribution in [1.82, 2.24) is 4.98 Å². The van der Waals surface area contributed by atoms with Crippen molar-refractivity contribution in [3.05, 3.63) is 59.3 Å². The van der Waals surface area contributed by atoms with Gasteiger partial charge in [-0.3, -0.25) is 0 Å². The lowest BCUT2D eigenvalue weighted by Crippen LogP contribution is -2.16. The maximum Gasteiger partial charge on any atom is 0.417 e. The minimum Gasteiger partial charge on any atom is -0.384 e. The zero-order valence-electron chi connectivity index (χ0n) is 14.0. The molecule has 0 spiro atoms. The number of alkyl halides is 3. The van der Waals surface area contributed by atoms with E-state index in [1.165, 1.54) is 17.8 Å². The first-order chi connectivity index (χ1) is 12.1. The van der Waals surface area contributed by atoms with Crippen LogP contribution >= 0.6 is 11.8 Å². The Bertz CT molecular complexity index is 996. The molecule has 2 aromatic carbocycles. The second kappa shape index (κ2) is 6.38. The Balaban J connectivity index is 2.29. The summed E-state index contributed by atoms with van der Waals surface area (Å²) in [6, 6.07) is 13.1. The van der Waals surface area contributed by atoms with Crippen LogP contribution in [-0.2, 0) is 11.8 Å². The molecule has 0 saturated carbocycles. The van der Waals surface area contributed by atoms with E-state index in [9.17, 15) is 23.5 Å². The normalized spacial score (nSPS) is 12.3. The minimum atomic E-state index is -4.63. The smallest absolute Gasteiger partial charge is 0.384 e. The van der Waals surface area contributed by atoms with Crippen molar-refractivity contribution in [3.8, 4) is 6.07 Å². The lowest BCUT2D eigenvalue weighted by atomic mass is 10.0. The van der Waals surface area contributed by atoms with Gasteiger partial charge in [-0.25, -0.2) is 0 Å². The third kappa shape index (κ3) is 3.43. The summed E-state index contributed by atoms with van der Waals surface area (Å²) in [5.41, 5.74) is -2.09. The molecule has 0 saturated heterocycles. The number of halogens is 3. The Morgan fingerprint density at radius 1 is 1.12 bits per heavy atom. The number of aromatic nitrogens is 1. The molecule has 0 aliphatic carbocycles. The van der Waals surface area contributed by atoms with Crippen molar-refractivity contribution in [2.45, 2.75) is 35.4 Å². The Kier molecular flexibility index (Phi) is 4.51. The Morgan fingerprint density at radius 2 is 1.77 bits per heavy atom. The summed E-state index contributed by atoms with van der Waals surface area (Å²) in [4.78, 5) is 4.38. The number of hydrogen-bond acceptors (Lipinski definition) is 3. The van der Waals surface area contributed by atoms with Crippen molar-refractivity contribution in [3.63, 3.8) is 0 Å². The van der Waals surface area contributed by atoms with E-state index >= 15 is 0 Å². The van der Waals surface area contributed by atoms with Crippen LogP contribution in [0.5, 0.6) is 0 Å². The molecule has 3 rings (SSSR count). The van der Waals surface area contributed by atoms with Gasteiger partial charge in [-0.1, -0.05) is 30.0 Å². The Hall–Kier alpha value is -2.43. The van der Waals surface area contributed by atoms with Gasteiger partial charge in [0.25, 0.3) is 0 Å². The van der Waals surface area contributed by atoms with E-state index in [2.05, 4.69) is 4.98 Å². The molecule has 0 unspecified atom stereocenters. The van der Waals surface area contributed by atoms with Gasteiger partial charge in [-0.2, -0.15) is 18.4 Å². The second-order valence-corrected chi connectivity index (χ2v) is 7.44. The quantitative estimate of drug-likeness (QED) is 0.640. The standard InChI is InChI=1S/C19H15F3N2OS/c1-18(2,25)17-16(26-12-6-4-3-5-7-12)13-8-11(10-23)14(19(20,21)22)9-15(13)24-17/h3-9,24-25H,1-2H3. The molecule has 1 heterocycles. The van der Waals surface area contributed by atoms with Crippen LogP contribution in [0.3, 0.4) is 0 Å². The second-order valence-electron chi connectivity index (χ2n) is 6.36. The molecule has 0 bridgehead atoms. The van der Waals surface area contributed by atoms with Crippen LogP contribution in [0.2, 0.25) is 0 Å². The zero-order valence-corrected chi connectivity index (χ0v) is 14.8. The van der Waals surface area contributed by atoms with Crippen LogP contribution in [0.15, 0.2) is 52.3 Å². The van der Waals surface area contributed by atoms with Gasteiger partial charge in [0.2, 0.25) is 0 Å². The summed E-state index contributed by atoms with van der Waals surface area (Å²) >= 11 is 1.33. The SMILES string of the molecule is CC(C)(O)c1[nH]c2cc(C(F)(F)F)c(C#N)cc2c1Sc1ccccc1. The summed E-state index contributed by atoms with van der Waals surface area (Å²) in [7, 11) is 0. The van der Waals surface area contributed by atoms with E-state index in [-0.39, 0.29) is 5.52 Å². The summed E-state index contributed by atoms with van der Waals surface area (Å²) in [5.74, 6) is 0. The fourth-order valence-electron chi connectivity index (χ4n) is 2.69. The molecule has 2 N–H and O–H groups in total. The summed E-state index contributed by atoms with van der Waals surface area (Å²) in [6.07, 6.45) is -4.63. The summed E-state index contributed by atoms with van der Waals surface area (Å²) < 4.78 is 39.7. The van der Waals surface area contributed by atoms with Crippen LogP contribution in [-0.4, -0.2) is 10.1 Å². The molecular formula is C19H15F3N2OS. The van der Waals surface area contributed by atoms with Crippen LogP contribution < -0.4 is 0 Å². The Labute approximate surface area is 152 Å². The van der Waals surface area contributed by atoms with E-state index in [0.717, 1.165) is 11.0 Å². The van der Waals surface area contributed by atoms with Crippen LogP contribution in [0.25, 0.3) is 10.9 Å². The predicted octanol–water partition coefficient (Wildman–Crippen LogP) is 5.44. The largest absolute Gasteiger partial charge is 0.417 e. The molecule has 0 amide bonds. The van der Waals surface area contributed by atoms with Gasteiger partial charge in [-0.05, 0) is 38.1 Å². The van der Waals surface area contributed by atoms with Gasteiger partial charge in [0.05, 0.1) is 28.5 Å². The van der Waals surface area contributed by atoms with Crippen LogP contribution in [0.1, 0.15) is 30.7 Å². The molecule has 0 fully saturated rings. The van der Waals surface area contributed by atoms with Crippen molar-refractivity contribution in [2.75, 3.05) is 0 Å². The van der Waals surface area contributed by atoms with Crippen molar-refractivity contribution in [2.24, 2.45) is 0 Å². The van der Waals surface area contributed by atoms with Crippen molar-refractivity contribution < 1.29 is 18.3 Å². The van der Waals surface area contributed by atoms with Gasteiger partial charge >= 0.3 is 6.18 Å². The number of H-pyrrole nitrogens is 1. The third-order valence-corrected chi connectivity index (χ3v) is 5.03. The highest BCUT2D eigenvalue weighted by atomic mass is 32.2. The number of nitrogens with one attached hydrogen (secondary N) is 1. The molecule has 26 heavy (non-hydrogen) atoms. The van der Waals surface area contributed by atoms with E-state index in [1.807, 2.05) is 30.3 Å². The number of benzene rings is 2. The summed E-state index contributed by atoms with van der Waals surface area (Å²) in [6.45, 7) is 3.12. The molecule has 134 valence electrons. The molecular weight excluding hydrogens is 361 g/mol. The van der Waals surface area contributed by atoms with Crippen molar-refractivity contribution in [1.29, 1.82) is 5.26 Å². The summed E-state index contributed by atoms with van der Waals surface area (Å²) in [5, 5.41) is 20.1. The first-order valence-electron chi connectivity index (χ1n) is 7.74. The lowest BCUT2D eigenvalue weighted by molar-refractivity contribution is -0.137. The number of nitriles is 1. The van der Waals surface area contributed by atoms with E-state index in [4.69, 9.17) is 0 Å². The topological polar surface area (TPSA) is 59.8 Å². The van der Waals surface area contributed by atoms with Gasteiger partial charge < -0.3 is 10.1 Å². The predicted molar refractivity (Wildman–Crippen MR) is 93.8 cm³/mol. The van der Waals surface area contributed by atoms with Gasteiger partial charge in [0, 0.05) is 20.7 Å². The Morgan fingerprint density at radius 3 is 2.31 bits per heavy atom. The number of fused-ring (bicyclic) bond motifs is 1. The maximum absolute atomic E-state index is 13.2. The van der Waals surface area contributed by atoms with Gasteiger partial charge in [0.15, 0.2) is 0 Å². The monoisotopic (exact) mass is 376 g/mol. The van der Waals surface area contributed by atoms with Crippen LogP contribution in [0.4, 0.5) is 13.2 Å². The first-order valence-corrected chi connectivity index (χ1v) is 8.55. The number of hydrogen-bond donors (Lipinski definition) is 2. The molecule has 3 nitrogen and oxygen atoms in total. The molecule has 3 aromatic rings. The fourth-order valence-corrected chi connectivity index (χ4v) is 3.90. The molecule has 0 aliphatic heterocycles. The first kappa shape index (κ1) is 18.4. The van der Waals surface area contributed by atoms with Gasteiger partial charge in [-0.15, -0.1) is 0 Å². The highest BCUT2D eigenvalue weighted by Crippen LogP contribution is 2.43. The van der Waals surface area contributed by atoms with E-state index in [1.54, 1.807) is 19.9 Å².